The van der Waals surface area contributed by atoms with Gasteiger partial charge < -0.3 is 19.5 Å². The van der Waals surface area contributed by atoms with Crippen LogP contribution in [0.2, 0.25) is 0 Å². The van der Waals surface area contributed by atoms with Crippen LogP contribution in [0.3, 0.4) is 0 Å². The van der Waals surface area contributed by atoms with E-state index in [9.17, 15) is 18.0 Å². The van der Waals surface area contributed by atoms with Crippen LogP contribution in [0.4, 0.5) is 5.69 Å². The average Bonchev–Trinajstić information content (AvgIpc) is 3.21. The van der Waals surface area contributed by atoms with Crippen molar-refractivity contribution in [3.63, 3.8) is 0 Å². The molecule has 1 N–H and O–H groups in total. The molecule has 0 spiro atoms. The first-order valence-corrected chi connectivity index (χ1v) is 14.3. The van der Waals surface area contributed by atoms with Gasteiger partial charge in [-0.2, -0.15) is 4.31 Å². The van der Waals surface area contributed by atoms with Gasteiger partial charge in [0, 0.05) is 35.8 Å². The number of methoxy groups -OCH3 is 3. The molecule has 1 saturated heterocycles. The number of nitrogens with one attached hydrogen (secondary N) is 1. The summed E-state index contributed by atoms with van der Waals surface area (Å²) in [5, 5.41) is 2.73. The summed E-state index contributed by atoms with van der Waals surface area (Å²) in [4.78, 5) is 31.5. The standard InChI is InChI=1S/C25H32N4O7S2/c1-14-7-15(2)11-29(10-14)38(32,33)23-16(3)37-24-21(23)25(31)28(13-26-24)12-20(30)27-17-8-18(34-4)22(36-6)19(9-17)35-5/h8-9,13-15H,7,10-12H2,1-6H3,(H,27,30)/t14-,15-/m1/s1. The summed E-state index contributed by atoms with van der Waals surface area (Å²) in [6.45, 7) is 6.15. The zero-order valence-corrected chi connectivity index (χ0v) is 23.9. The highest BCUT2D eigenvalue weighted by Gasteiger charge is 2.36. The minimum atomic E-state index is -3.93. The molecule has 1 aromatic carbocycles. The second-order valence-electron chi connectivity index (χ2n) is 9.58. The van der Waals surface area contributed by atoms with Crippen LogP contribution in [0.25, 0.3) is 10.2 Å². The maximum Gasteiger partial charge on any atom is 0.263 e. The zero-order chi connectivity index (χ0) is 27.8. The lowest BCUT2D eigenvalue weighted by Gasteiger charge is -2.34. The molecule has 13 heteroatoms. The number of thiophene rings is 1. The largest absolute Gasteiger partial charge is 0.493 e. The van der Waals surface area contributed by atoms with Crippen LogP contribution in [-0.4, -0.2) is 62.6 Å². The Morgan fingerprint density at radius 2 is 1.71 bits per heavy atom. The van der Waals surface area contributed by atoms with Crippen LogP contribution in [-0.2, 0) is 21.4 Å². The van der Waals surface area contributed by atoms with Crippen molar-refractivity contribution < 1.29 is 27.4 Å². The molecule has 2 atom stereocenters. The Hall–Kier alpha value is -3.16. The molecule has 0 bridgehead atoms. The normalized spacial score (nSPS) is 18.4. The first kappa shape index (κ1) is 27.9. The number of carbonyl (C=O) groups is 1. The molecule has 0 aliphatic carbocycles. The van der Waals surface area contributed by atoms with Crippen LogP contribution in [0.5, 0.6) is 17.2 Å². The van der Waals surface area contributed by atoms with Gasteiger partial charge >= 0.3 is 0 Å². The van der Waals surface area contributed by atoms with Crippen LogP contribution in [0, 0.1) is 18.8 Å². The number of hydrogen-bond donors (Lipinski definition) is 1. The number of nitrogens with zero attached hydrogens (tertiary/aromatic N) is 3. The predicted octanol–water partition coefficient (Wildman–Crippen LogP) is 3.10. The number of aromatic nitrogens is 2. The monoisotopic (exact) mass is 564 g/mol. The topological polar surface area (TPSA) is 129 Å². The fourth-order valence-electron chi connectivity index (χ4n) is 4.98. The molecule has 3 aromatic rings. The minimum Gasteiger partial charge on any atom is -0.493 e. The van der Waals surface area contributed by atoms with E-state index in [1.807, 2.05) is 13.8 Å². The van der Waals surface area contributed by atoms with Gasteiger partial charge in [0.2, 0.25) is 21.7 Å². The molecule has 206 valence electrons. The number of ether oxygens (including phenoxy) is 3. The van der Waals surface area contributed by atoms with Gasteiger partial charge in [-0.05, 0) is 25.2 Å². The molecule has 1 fully saturated rings. The Balaban J connectivity index is 1.67. The van der Waals surface area contributed by atoms with Gasteiger partial charge in [0.05, 0.1) is 33.0 Å². The summed E-state index contributed by atoms with van der Waals surface area (Å²) in [6.07, 6.45) is 2.21. The number of aryl methyl sites for hydroxylation is 1. The van der Waals surface area contributed by atoms with Gasteiger partial charge in [-0.1, -0.05) is 13.8 Å². The molecule has 1 amide bonds. The number of anilines is 1. The highest BCUT2D eigenvalue weighted by Crippen LogP contribution is 2.40. The first-order valence-electron chi connectivity index (χ1n) is 12.1. The smallest absolute Gasteiger partial charge is 0.263 e. The number of carbonyl (C=O) groups excluding carboxylic acids is 1. The number of sulfonamides is 1. The van der Waals surface area contributed by atoms with Crippen molar-refractivity contribution in [1.82, 2.24) is 13.9 Å². The van der Waals surface area contributed by atoms with Crippen molar-refractivity contribution in [2.24, 2.45) is 11.8 Å². The van der Waals surface area contributed by atoms with E-state index in [4.69, 9.17) is 14.2 Å². The van der Waals surface area contributed by atoms with Gasteiger partial charge in [0.15, 0.2) is 11.5 Å². The summed E-state index contributed by atoms with van der Waals surface area (Å²) in [5.74, 6) is 0.995. The SMILES string of the molecule is COc1cc(NC(=O)Cn2cnc3sc(C)c(S(=O)(=O)N4C[C@H](C)C[C@@H](C)C4)c3c2=O)cc(OC)c1OC. The maximum atomic E-state index is 13.7. The number of rotatable bonds is 8. The third kappa shape index (κ3) is 5.22. The summed E-state index contributed by atoms with van der Waals surface area (Å²) in [5.41, 5.74) is -0.217. The van der Waals surface area contributed by atoms with Crippen molar-refractivity contribution in [2.45, 2.75) is 38.6 Å². The number of fused-ring (bicyclic) bond motifs is 1. The highest BCUT2D eigenvalue weighted by molar-refractivity contribution is 7.89. The fraction of sp³-hybridized carbons (Fsp3) is 0.480. The minimum absolute atomic E-state index is 0.0152. The Kier molecular flexibility index (Phi) is 8.00. The highest BCUT2D eigenvalue weighted by atomic mass is 32.2. The van der Waals surface area contributed by atoms with Crippen molar-refractivity contribution in [2.75, 3.05) is 39.7 Å². The summed E-state index contributed by atoms with van der Waals surface area (Å²) >= 11 is 1.16. The Morgan fingerprint density at radius 3 is 2.26 bits per heavy atom. The number of benzene rings is 1. The van der Waals surface area contributed by atoms with E-state index in [0.717, 1.165) is 22.3 Å². The third-order valence-corrected chi connectivity index (χ3v) is 9.64. The predicted molar refractivity (Wildman–Crippen MR) is 145 cm³/mol. The summed E-state index contributed by atoms with van der Waals surface area (Å²) in [6, 6.07) is 3.13. The van der Waals surface area contributed by atoms with E-state index in [1.165, 1.54) is 32.0 Å². The third-order valence-electron chi connectivity index (χ3n) is 6.50. The van der Waals surface area contributed by atoms with Crippen molar-refractivity contribution >= 4 is 43.2 Å². The van der Waals surface area contributed by atoms with E-state index in [0.29, 0.717) is 45.7 Å². The molecule has 0 radical (unpaired) electrons. The van der Waals surface area contributed by atoms with Crippen LogP contribution in [0.15, 0.2) is 28.2 Å². The number of amides is 1. The average molecular weight is 565 g/mol. The lowest BCUT2D eigenvalue weighted by atomic mass is 9.94. The van der Waals surface area contributed by atoms with Crippen molar-refractivity contribution in [3.05, 3.63) is 33.7 Å². The van der Waals surface area contributed by atoms with E-state index < -0.39 is 21.5 Å². The fourth-order valence-corrected chi connectivity index (χ4v) is 8.32. The lowest BCUT2D eigenvalue weighted by Crippen LogP contribution is -2.42. The molecule has 1 aliphatic rings. The Morgan fingerprint density at radius 1 is 1.11 bits per heavy atom. The zero-order valence-electron chi connectivity index (χ0n) is 22.2. The van der Waals surface area contributed by atoms with Gasteiger partial charge in [-0.25, -0.2) is 13.4 Å². The van der Waals surface area contributed by atoms with Gasteiger partial charge in [0.25, 0.3) is 5.56 Å². The van der Waals surface area contributed by atoms with Gasteiger partial charge in [-0.15, -0.1) is 11.3 Å². The molecule has 2 aromatic heterocycles. The summed E-state index contributed by atoms with van der Waals surface area (Å²) < 4.78 is 45.9. The second kappa shape index (κ2) is 10.9. The Labute approximate surface area is 225 Å². The van der Waals surface area contributed by atoms with Gasteiger partial charge in [0.1, 0.15) is 16.3 Å². The molecule has 4 rings (SSSR count). The van der Waals surface area contributed by atoms with Gasteiger partial charge in [-0.3, -0.25) is 14.2 Å². The number of hydrogen-bond acceptors (Lipinski definition) is 9. The molecule has 3 heterocycles. The van der Waals surface area contributed by atoms with Crippen molar-refractivity contribution in [1.29, 1.82) is 0 Å². The van der Waals surface area contributed by atoms with E-state index in [1.54, 1.807) is 19.1 Å². The van der Waals surface area contributed by atoms with Crippen molar-refractivity contribution in [3.8, 4) is 17.2 Å². The van der Waals surface area contributed by atoms with E-state index in [-0.39, 0.29) is 28.7 Å². The molecule has 0 saturated carbocycles. The number of piperidine rings is 1. The molecule has 0 unspecified atom stereocenters. The summed E-state index contributed by atoms with van der Waals surface area (Å²) in [7, 11) is 0.466. The lowest BCUT2D eigenvalue weighted by molar-refractivity contribution is -0.116. The van der Waals surface area contributed by atoms with E-state index >= 15 is 0 Å². The van der Waals surface area contributed by atoms with Crippen LogP contribution < -0.4 is 25.1 Å². The molecule has 1 aliphatic heterocycles. The first-order chi connectivity index (χ1) is 18.0. The molecular weight excluding hydrogens is 532 g/mol. The second-order valence-corrected chi connectivity index (χ2v) is 12.7. The molecule has 11 nitrogen and oxygen atoms in total. The molecule has 38 heavy (non-hydrogen) atoms. The quantitative estimate of drug-likeness (QED) is 0.442. The van der Waals surface area contributed by atoms with Crippen LogP contribution in [0.1, 0.15) is 25.1 Å². The van der Waals surface area contributed by atoms with Crippen LogP contribution >= 0.6 is 11.3 Å². The Bertz CT molecular complexity index is 1500. The molecular formula is C25H32N4O7S2. The maximum absolute atomic E-state index is 13.7. The van der Waals surface area contributed by atoms with E-state index in [2.05, 4.69) is 10.3 Å².